The van der Waals surface area contributed by atoms with Crippen LogP contribution in [0.5, 0.6) is 0 Å². The van der Waals surface area contributed by atoms with Crippen LogP contribution in [0.15, 0.2) is 66.3 Å². The second-order valence-electron chi connectivity index (χ2n) is 5.88. The number of anilines is 2. The van der Waals surface area contributed by atoms with Gasteiger partial charge in [0.15, 0.2) is 11.5 Å². The zero-order chi connectivity index (χ0) is 19.3. The van der Waals surface area contributed by atoms with Gasteiger partial charge in [0.05, 0.1) is 23.5 Å². The molecular weight excluding hydrogens is 356 g/mol. The zero-order valence-corrected chi connectivity index (χ0v) is 14.9. The molecule has 0 spiro atoms. The third kappa shape index (κ3) is 3.68. The summed E-state index contributed by atoms with van der Waals surface area (Å²) in [5.41, 5.74) is 5.28. The average Bonchev–Trinajstić information content (AvgIpc) is 3.15. The highest BCUT2D eigenvalue weighted by atomic mass is 16.1. The van der Waals surface area contributed by atoms with E-state index in [-0.39, 0.29) is 5.91 Å². The summed E-state index contributed by atoms with van der Waals surface area (Å²) in [5, 5.41) is 12.0. The molecule has 9 heteroatoms. The van der Waals surface area contributed by atoms with Crippen molar-refractivity contribution in [3.63, 3.8) is 0 Å². The topological polar surface area (TPSA) is 110 Å². The first-order valence-corrected chi connectivity index (χ1v) is 8.47. The number of benzene rings is 1. The van der Waals surface area contributed by atoms with Crippen LogP contribution >= 0.6 is 0 Å². The number of rotatable bonds is 5. The van der Waals surface area contributed by atoms with Gasteiger partial charge in [0, 0.05) is 18.7 Å². The van der Waals surface area contributed by atoms with Gasteiger partial charge in [-0.25, -0.2) is 19.6 Å². The number of amides is 1. The summed E-state index contributed by atoms with van der Waals surface area (Å²) in [4.78, 5) is 23.7. The Kier molecular flexibility index (Phi) is 4.70. The SMILES string of the molecule is CC(=O)Nc1ccc(/C=N/Nc2ncnc3c2cnn3-c2ccccc2)cn1. The van der Waals surface area contributed by atoms with Gasteiger partial charge in [0.1, 0.15) is 12.1 Å². The van der Waals surface area contributed by atoms with Crippen LogP contribution in [-0.4, -0.2) is 36.9 Å². The lowest BCUT2D eigenvalue weighted by Crippen LogP contribution is -2.07. The first-order chi connectivity index (χ1) is 13.7. The zero-order valence-electron chi connectivity index (χ0n) is 14.9. The maximum absolute atomic E-state index is 11.0. The number of nitrogens with one attached hydrogen (secondary N) is 2. The van der Waals surface area contributed by atoms with Gasteiger partial charge in [-0.15, -0.1) is 0 Å². The number of hydrazone groups is 1. The van der Waals surface area contributed by atoms with Crippen molar-refractivity contribution < 1.29 is 4.79 Å². The second-order valence-corrected chi connectivity index (χ2v) is 5.88. The van der Waals surface area contributed by atoms with Gasteiger partial charge in [-0.2, -0.15) is 10.2 Å². The van der Waals surface area contributed by atoms with Crippen molar-refractivity contribution in [1.82, 2.24) is 24.7 Å². The van der Waals surface area contributed by atoms with Crippen molar-refractivity contribution in [2.75, 3.05) is 10.7 Å². The fourth-order valence-electron chi connectivity index (χ4n) is 2.60. The molecule has 0 aliphatic heterocycles. The van der Waals surface area contributed by atoms with E-state index < -0.39 is 0 Å². The molecule has 0 aliphatic carbocycles. The Bertz CT molecular complexity index is 1140. The summed E-state index contributed by atoms with van der Waals surface area (Å²) in [7, 11) is 0. The van der Waals surface area contributed by atoms with Crippen LogP contribution < -0.4 is 10.7 Å². The number of carbonyl (C=O) groups is 1. The molecule has 0 saturated carbocycles. The van der Waals surface area contributed by atoms with Gasteiger partial charge in [-0.3, -0.25) is 10.2 Å². The van der Waals surface area contributed by atoms with Crippen LogP contribution in [0.1, 0.15) is 12.5 Å². The van der Waals surface area contributed by atoms with Crippen LogP contribution in [-0.2, 0) is 4.79 Å². The number of pyridine rings is 1. The fourth-order valence-corrected chi connectivity index (χ4v) is 2.60. The van der Waals surface area contributed by atoms with Crippen molar-refractivity contribution in [2.24, 2.45) is 5.10 Å². The summed E-state index contributed by atoms with van der Waals surface area (Å²) in [5.74, 6) is 0.870. The molecule has 0 aliphatic rings. The fraction of sp³-hybridized carbons (Fsp3) is 0.0526. The molecule has 0 fully saturated rings. The van der Waals surface area contributed by atoms with Crippen molar-refractivity contribution in [3.05, 3.63) is 66.7 Å². The van der Waals surface area contributed by atoms with Gasteiger partial charge < -0.3 is 5.32 Å². The Morgan fingerprint density at radius 2 is 1.93 bits per heavy atom. The van der Waals surface area contributed by atoms with Crippen molar-refractivity contribution >= 4 is 34.8 Å². The molecule has 1 aromatic carbocycles. The molecule has 28 heavy (non-hydrogen) atoms. The second kappa shape index (κ2) is 7.62. The number of hydrogen-bond donors (Lipinski definition) is 2. The maximum Gasteiger partial charge on any atom is 0.222 e. The van der Waals surface area contributed by atoms with E-state index in [1.807, 2.05) is 30.3 Å². The smallest absolute Gasteiger partial charge is 0.222 e. The maximum atomic E-state index is 11.0. The number of fused-ring (bicyclic) bond motifs is 1. The van der Waals surface area contributed by atoms with Gasteiger partial charge in [-0.1, -0.05) is 18.2 Å². The van der Waals surface area contributed by atoms with E-state index in [1.165, 1.54) is 13.3 Å². The molecule has 9 nitrogen and oxygen atoms in total. The van der Waals surface area contributed by atoms with E-state index in [2.05, 4.69) is 35.9 Å². The highest BCUT2D eigenvalue weighted by molar-refractivity contribution is 5.89. The van der Waals surface area contributed by atoms with Crippen molar-refractivity contribution in [3.8, 4) is 5.69 Å². The largest absolute Gasteiger partial charge is 0.311 e. The molecule has 0 atom stereocenters. The summed E-state index contributed by atoms with van der Waals surface area (Å²) >= 11 is 0. The lowest BCUT2D eigenvalue weighted by atomic mass is 10.3. The Morgan fingerprint density at radius 1 is 1.07 bits per heavy atom. The minimum Gasteiger partial charge on any atom is -0.311 e. The normalized spacial score (nSPS) is 11.0. The molecule has 4 rings (SSSR count). The predicted molar refractivity (Wildman–Crippen MR) is 106 cm³/mol. The summed E-state index contributed by atoms with van der Waals surface area (Å²) in [6.45, 7) is 1.43. The summed E-state index contributed by atoms with van der Waals surface area (Å²) < 4.78 is 1.75. The molecule has 3 heterocycles. The van der Waals surface area contributed by atoms with Crippen LogP contribution in [0.4, 0.5) is 11.6 Å². The van der Waals surface area contributed by atoms with E-state index in [9.17, 15) is 4.79 Å². The average molecular weight is 372 g/mol. The number of nitrogens with zero attached hydrogens (tertiary/aromatic N) is 6. The number of hydrogen-bond acceptors (Lipinski definition) is 7. The first-order valence-electron chi connectivity index (χ1n) is 8.47. The van der Waals surface area contributed by atoms with E-state index >= 15 is 0 Å². The van der Waals surface area contributed by atoms with Crippen LogP contribution in [0.25, 0.3) is 16.7 Å². The lowest BCUT2D eigenvalue weighted by Gasteiger charge is -2.03. The van der Waals surface area contributed by atoms with Crippen molar-refractivity contribution in [1.29, 1.82) is 0 Å². The molecule has 3 aromatic heterocycles. The Hall–Kier alpha value is -4.14. The van der Waals surface area contributed by atoms with Crippen molar-refractivity contribution in [2.45, 2.75) is 6.92 Å². The Labute approximate surface area is 160 Å². The first kappa shape index (κ1) is 17.3. The molecule has 4 aromatic rings. The summed E-state index contributed by atoms with van der Waals surface area (Å²) in [6, 6.07) is 13.2. The molecular formula is C19H16N8O. The molecule has 0 unspecified atom stereocenters. The third-order valence-electron chi connectivity index (χ3n) is 3.84. The van der Waals surface area contributed by atoms with Gasteiger partial charge in [-0.05, 0) is 24.3 Å². The predicted octanol–water partition coefficient (Wildman–Crippen LogP) is 2.61. The molecule has 1 amide bonds. The number of carbonyl (C=O) groups excluding carboxylic acids is 1. The molecule has 2 N–H and O–H groups in total. The highest BCUT2D eigenvalue weighted by Gasteiger charge is 2.10. The number of aromatic nitrogens is 5. The van der Waals surface area contributed by atoms with Crippen LogP contribution in [0.3, 0.4) is 0 Å². The van der Waals surface area contributed by atoms with Gasteiger partial charge in [0.25, 0.3) is 0 Å². The van der Waals surface area contributed by atoms with Gasteiger partial charge >= 0.3 is 0 Å². The minimum atomic E-state index is -0.167. The third-order valence-corrected chi connectivity index (χ3v) is 3.84. The van der Waals surface area contributed by atoms with Crippen LogP contribution in [0.2, 0.25) is 0 Å². The highest BCUT2D eigenvalue weighted by Crippen LogP contribution is 2.21. The molecule has 138 valence electrons. The van der Waals surface area contributed by atoms with E-state index in [1.54, 1.807) is 35.4 Å². The standard InChI is InChI=1S/C19H16N8O/c1-13(28)25-17-8-7-14(9-20-17)10-23-26-18-16-11-24-27(19(16)22-12-21-18)15-5-3-2-4-6-15/h2-12H,1H3,(H,20,25,28)(H,21,22,26)/b23-10+. The van der Waals surface area contributed by atoms with E-state index in [4.69, 9.17) is 0 Å². The number of para-hydroxylation sites is 1. The molecule has 0 bridgehead atoms. The summed E-state index contributed by atoms with van der Waals surface area (Å²) in [6.07, 6.45) is 6.38. The molecule has 0 saturated heterocycles. The van der Waals surface area contributed by atoms with E-state index in [0.717, 1.165) is 16.6 Å². The molecule has 0 radical (unpaired) electrons. The van der Waals surface area contributed by atoms with Gasteiger partial charge in [0.2, 0.25) is 5.91 Å². The Balaban J connectivity index is 1.53. The minimum absolute atomic E-state index is 0.167. The quantitative estimate of drug-likeness (QED) is 0.412. The van der Waals surface area contributed by atoms with Crippen LogP contribution in [0, 0.1) is 0 Å². The lowest BCUT2D eigenvalue weighted by molar-refractivity contribution is -0.114. The monoisotopic (exact) mass is 372 g/mol. The van der Waals surface area contributed by atoms with E-state index in [0.29, 0.717) is 17.3 Å². The Morgan fingerprint density at radius 3 is 2.68 bits per heavy atom.